The minimum absolute atomic E-state index is 0.134. The molecule has 1 fully saturated rings. The van der Waals surface area contributed by atoms with Crippen LogP contribution in [0.2, 0.25) is 0 Å². The summed E-state index contributed by atoms with van der Waals surface area (Å²) in [5.74, 6) is -0.786. The summed E-state index contributed by atoms with van der Waals surface area (Å²) >= 11 is 0. The van der Waals surface area contributed by atoms with Crippen LogP contribution in [0.25, 0.3) is 0 Å². The molecule has 3 rings (SSSR count). The van der Waals surface area contributed by atoms with Crippen LogP contribution in [-0.4, -0.2) is 28.9 Å². The van der Waals surface area contributed by atoms with E-state index in [0.29, 0.717) is 31.5 Å². The number of nitrogens with zero attached hydrogens (tertiary/aromatic N) is 2. The first-order valence-electron chi connectivity index (χ1n) is 8.32. The summed E-state index contributed by atoms with van der Waals surface area (Å²) in [6, 6.07) is 7.37. The molecule has 1 saturated heterocycles. The van der Waals surface area contributed by atoms with Gasteiger partial charge in [-0.2, -0.15) is 13.2 Å². The lowest BCUT2D eigenvalue weighted by molar-refractivity contribution is -0.141. The van der Waals surface area contributed by atoms with Crippen LogP contribution >= 0.6 is 0 Å². The minimum atomic E-state index is -4.67. The maximum atomic E-state index is 13.4. The van der Waals surface area contributed by atoms with Gasteiger partial charge in [0.1, 0.15) is 5.82 Å². The molecule has 1 aliphatic rings. The standard InChI is InChI=1S/C19H18F4N2O/c1-12-9-13(4-5-16(12)20)10-14-6-8-25(11-14)18(26)15-3-2-7-24-17(15)19(21,22)23/h2-5,7,9,14H,6,8,10-11H2,1H3. The highest BCUT2D eigenvalue weighted by molar-refractivity contribution is 5.95. The Hall–Kier alpha value is -2.44. The smallest absolute Gasteiger partial charge is 0.338 e. The van der Waals surface area contributed by atoms with E-state index in [1.165, 1.54) is 17.0 Å². The summed E-state index contributed by atoms with van der Waals surface area (Å²) in [5.41, 5.74) is -0.0555. The van der Waals surface area contributed by atoms with Gasteiger partial charge in [0, 0.05) is 19.3 Å². The molecule has 3 nitrogen and oxygen atoms in total. The van der Waals surface area contributed by atoms with Crippen molar-refractivity contribution in [2.45, 2.75) is 25.9 Å². The monoisotopic (exact) mass is 366 g/mol. The number of aromatic nitrogens is 1. The van der Waals surface area contributed by atoms with Gasteiger partial charge in [-0.1, -0.05) is 12.1 Å². The van der Waals surface area contributed by atoms with Gasteiger partial charge in [0.15, 0.2) is 5.69 Å². The molecule has 0 radical (unpaired) electrons. The van der Waals surface area contributed by atoms with Gasteiger partial charge in [0.25, 0.3) is 5.91 Å². The Balaban J connectivity index is 1.71. The molecule has 1 aliphatic heterocycles. The fourth-order valence-corrected chi connectivity index (χ4v) is 3.32. The summed E-state index contributed by atoms with van der Waals surface area (Å²) in [7, 11) is 0. The van der Waals surface area contributed by atoms with Crippen LogP contribution in [0.1, 0.15) is 33.6 Å². The van der Waals surface area contributed by atoms with E-state index in [9.17, 15) is 22.4 Å². The number of pyridine rings is 1. The van der Waals surface area contributed by atoms with Crippen molar-refractivity contribution < 1.29 is 22.4 Å². The molecule has 0 spiro atoms. The summed E-state index contributed by atoms with van der Waals surface area (Å²) in [5, 5.41) is 0. The maximum Gasteiger partial charge on any atom is 0.434 e. The minimum Gasteiger partial charge on any atom is -0.338 e. The van der Waals surface area contributed by atoms with Crippen molar-refractivity contribution in [2.75, 3.05) is 13.1 Å². The molecule has 1 amide bonds. The van der Waals surface area contributed by atoms with Gasteiger partial charge >= 0.3 is 6.18 Å². The lowest BCUT2D eigenvalue weighted by Gasteiger charge is -2.19. The molecule has 138 valence electrons. The first-order valence-corrected chi connectivity index (χ1v) is 8.32. The van der Waals surface area contributed by atoms with Gasteiger partial charge < -0.3 is 4.90 Å². The SMILES string of the molecule is Cc1cc(CC2CCN(C(=O)c3cccnc3C(F)(F)F)C2)ccc1F. The number of rotatable bonds is 3. The molecule has 2 heterocycles. The first-order chi connectivity index (χ1) is 12.3. The Labute approximate surface area is 148 Å². The number of likely N-dealkylation sites (tertiary alicyclic amines) is 1. The highest BCUT2D eigenvalue weighted by Crippen LogP contribution is 2.31. The second-order valence-electron chi connectivity index (χ2n) is 6.59. The van der Waals surface area contributed by atoms with Crippen LogP contribution in [-0.2, 0) is 12.6 Å². The predicted molar refractivity (Wildman–Crippen MR) is 88.1 cm³/mol. The van der Waals surface area contributed by atoms with Crippen molar-refractivity contribution in [1.82, 2.24) is 9.88 Å². The van der Waals surface area contributed by atoms with E-state index in [1.807, 2.05) is 0 Å². The lowest BCUT2D eigenvalue weighted by Crippen LogP contribution is -2.31. The molecule has 1 atom stereocenters. The van der Waals surface area contributed by atoms with Gasteiger partial charge in [-0.25, -0.2) is 4.39 Å². The number of amides is 1. The van der Waals surface area contributed by atoms with Crippen LogP contribution in [0.4, 0.5) is 17.6 Å². The fraction of sp³-hybridized carbons (Fsp3) is 0.368. The molecule has 0 aliphatic carbocycles. The molecule has 1 unspecified atom stereocenters. The van der Waals surface area contributed by atoms with E-state index in [0.717, 1.165) is 17.8 Å². The maximum absolute atomic E-state index is 13.4. The zero-order valence-electron chi connectivity index (χ0n) is 14.2. The second-order valence-corrected chi connectivity index (χ2v) is 6.59. The van der Waals surface area contributed by atoms with Crippen molar-refractivity contribution >= 4 is 5.91 Å². The van der Waals surface area contributed by atoms with Gasteiger partial charge in [-0.05, 0) is 55.0 Å². The quantitative estimate of drug-likeness (QED) is 0.761. The summed E-state index contributed by atoms with van der Waals surface area (Å²) < 4.78 is 52.6. The van der Waals surface area contributed by atoms with Gasteiger partial charge in [0.05, 0.1) is 5.56 Å². The normalized spacial score (nSPS) is 17.6. The average Bonchev–Trinajstić information content (AvgIpc) is 3.05. The van der Waals surface area contributed by atoms with Crippen LogP contribution in [0, 0.1) is 18.7 Å². The number of carbonyl (C=O) groups is 1. The highest BCUT2D eigenvalue weighted by atomic mass is 19.4. The Morgan fingerprint density at radius 3 is 2.77 bits per heavy atom. The van der Waals surface area contributed by atoms with E-state index in [2.05, 4.69) is 4.98 Å². The summed E-state index contributed by atoms with van der Waals surface area (Å²) in [6.45, 7) is 2.46. The van der Waals surface area contributed by atoms with Crippen molar-refractivity contribution in [3.8, 4) is 0 Å². The van der Waals surface area contributed by atoms with E-state index < -0.39 is 23.3 Å². The summed E-state index contributed by atoms with van der Waals surface area (Å²) in [4.78, 5) is 17.3. The number of aryl methyl sites for hydroxylation is 1. The summed E-state index contributed by atoms with van der Waals surface area (Å²) in [6.07, 6.45) is -2.28. The molecule has 2 aromatic rings. The molecule has 0 saturated carbocycles. The second kappa shape index (κ2) is 7.05. The number of benzene rings is 1. The van der Waals surface area contributed by atoms with E-state index in [1.54, 1.807) is 19.1 Å². The zero-order chi connectivity index (χ0) is 18.9. The average molecular weight is 366 g/mol. The Morgan fingerprint density at radius 1 is 1.31 bits per heavy atom. The third-order valence-corrected chi connectivity index (χ3v) is 4.63. The molecular formula is C19H18F4N2O. The third kappa shape index (κ3) is 3.86. The Morgan fingerprint density at radius 2 is 2.08 bits per heavy atom. The first kappa shape index (κ1) is 18.4. The van der Waals surface area contributed by atoms with Crippen LogP contribution in [0.3, 0.4) is 0 Å². The van der Waals surface area contributed by atoms with Crippen LogP contribution in [0.5, 0.6) is 0 Å². The molecule has 0 bridgehead atoms. The Kier molecular flexibility index (Phi) is 4.98. The van der Waals surface area contributed by atoms with Crippen molar-refractivity contribution in [3.05, 3.63) is 64.7 Å². The van der Waals surface area contributed by atoms with Crippen LogP contribution < -0.4 is 0 Å². The molecule has 7 heteroatoms. The number of hydrogen-bond donors (Lipinski definition) is 0. The van der Waals surface area contributed by atoms with Gasteiger partial charge in [-0.3, -0.25) is 9.78 Å². The van der Waals surface area contributed by atoms with Crippen molar-refractivity contribution in [2.24, 2.45) is 5.92 Å². The third-order valence-electron chi connectivity index (χ3n) is 4.63. The largest absolute Gasteiger partial charge is 0.434 e. The molecule has 1 aromatic carbocycles. The number of carbonyl (C=O) groups excluding carboxylic acids is 1. The van der Waals surface area contributed by atoms with Crippen molar-refractivity contribution in [3.63, 3.8) is 0 Å². The topological polar surface area (TPSA) is 33.2 Å². The predicted octanol–water partition coefficient (Wildman–Crippen LogP) is 4.25. The molecular weight excluding hydrogens is 348 g/mol. The van der Waals surface area contributed by atoms with Gasteiger partial charge in [0.2, 0.25) is 0 Å². The van der Waals surface area contributed by atoms with Crippen molar-refractivity contribution in [1.29, 1.82) is 0 Å². The van der Waals surface area contributed by atoms with Gasteiger partial charge in [-0.15, -0.1) is 0 Å². The van der Waals surface area contributed by atoms with Crippen LogP contribution in [0.15, 0.2) is 36.5 Å². The fourth-order valence-electron chi connectivity index (χ4n) is 3.32. The lowest BCUT2D eigenvalue weighted by atomic mass is 9.97. The van der Waals surface area contributed by atoms with E-state index >= 15 is 0 Å². The zero-order valence-corrected chi connectivity index (χ0v) is 14.2. The number of hydrogen-bond acceptors (Lipinski definition) is 2. The molecule has 1 aromatic heterocycles. The molecule has 0 N–H and O–H groups in total. The highest BCUT2D eigenvalue weighted by Gasteiger charge is 2.38. The van der Waals surface area contributed by atoms with E-state index in [-0.39, 0.29) is 11.7 Å². The number of halogens is 4. The number of alkyl halides is 3. The molecule has 26 heavy (non-hydrogen) atoms. The van der Waals surface area contributed by atoms with E-state index in [4.69, 9.17) is 0 Å². The Bertz CT molecular complexity index is 819.